The summed E-state index contributed by atoms with van der Waals surface area (Å²) in [6.07, 6.45) is 0. The van der Waals surface area contributed by atoms with Crippen LogP contribution in [0.2, 0.25) is 0 Å². The molecular formula is C14H13N3O4. The van der Waals surface area contributed by atoms with Crippen molar-refractivity contribution in [3.63, 3.8) is 0 Å². The minimum Gasteiger partial charge on any atom is -0.468 e. The van der Waals surface area contributed by atoms with E-state index in [1.807, 2.05) is 0 Å². The zero-order valence-electron chi connectivity index (χ0n) is 11.3. The van der Waals surface area contributed by atoms with E-state index < -0.39 is 17.8 Å². The normalized spacial score (nSPS) is 10.1. The lowest BCUT2D eigenvalue weighted by Gasteiger charge is -2.08. The monoisotopic (exact) mass is 287 g/mol. The number of carbonyl (C=O) groups excluding carboxylic acids is 3. The highest BCUT2D eigenvalue weighted by atomic mass is 16.5. The minimum atomic E-state index is -0.734. The fraction of sp³-hybridized carbons (Fsp3) is 0.143. The maximum Gasteiger partial charge on any atom is 0.325 e. The summed E-state index contributed by atoms with van der Waals surface area (Å²) in [6, 6.07) is 8.14. The van der Waals surface area contributed by atoms with Gasteiger partial charge in [0.25, 0.3) is 11.8 Å². The Morgan fingerprint density at radius 1 is 1.29 bits per heavy atom. The van der Waals surface area contributed by atoms with Gasteiger partial charge in [-0.15, -0.1) is 0 Å². The number of carbonyl (C=O) groups is 3. The van der Waals surface area contributed by atoms with Crippen molar-refractivity contribution in [2.24, 2.45) is 5.73 Å². The van der Waals surface area contributed by atoms with Gasteiger partial charge in [0.2, 0.25) is 0 Å². The Balaban J connectivity index is 2.43. The molecule has 0 unspecified atom stereocenters. The van der Waals surface area contributed by atoms with Crippen LogP contribution in [0.4, 0.5) is 0 Å². The first-order valence-electron chi connectivity index (χ1n) is 6.07. The van der Waals surface area contributed by atoms with Crippen LogP contribution in [0, 0.1) is 0 Å². The quantitative estimate of drug-likeness (QED) is 0.782. The average molecular weight is 287 g/mol. The highest BCUT2D eigenvalue weighted by molar-refractivity contribution is 6.08. The molecule has 0 saturated carbocycles. The molecule has 21 heavy (non-hydrogen) atoms. The van der Waals surface area contributed by atoms with E-state index in [0.29, 0.717) is 10.9 Å². The Labute approximate surface area is 120 Å². The molecule has 0 bridgehead atoms. The van der Waals surface area contributed by atoms with E-state index in [9.17, 15) is 14.4 Å². The summed E-state index contributed by atoms with van der Waals surface area (Å²) in [5.74, 6) is -1.82. The van der Waals surface area contributed by atoms with Crippen LogP contribution < -0.4 is 11.1 Å². The van der Waals surface area contributed by atoms with Gasteiger partial charge in [0.05, 0.1) is 18.2 Å². The Morgan fingerprint density at radius 3 is 2.67 bits per heavy atom. The highest BCUT2D eigenvalue weighted by Gasteiger charge is 2.15. The van der Waals surface area contributed by atoms with Crippen molar-refractivity contribution in [2.45, 2.75) is 0 Å². The molecule has 2 aromatic rings. The van der Waals surface area contributed by atoms with E-state index in [2.05, 4.69) is 15.0 Å². The summed E-state index contributed by atoms with van der Waals surface area (Å²) in [5, 5.41) is 2.97. The van der Waals surface area contributed by atoms with Crippen molar-refractivity contribution in [3.05, 3.63) is 41.6 Å². The summed E-state index contributed by atoms with van der Waals surface area (Å²) >= 11 is 0. The molecule has 0 aliphatic heterocycles. The Bertz CT molecular complexity index is 727. The summed E-state index contributed by atoms with van der Waals surface area (Å²) in [7, 11) is 1.22. The molecule has 0 fully saturated rings. The average Bonchev–Trinajstić information content (AvgIpc) is 2.50. The molecule has 0 radical (unpaired) electrons. The summed E-state index contributed by atoms with van der Waals surface area (Å²) in [5.41, 5.74) is 5.88. The number of hydrogen-bond donors (Lipinski definition) is 2. The van der Waals surface area contributed by atoms with Gasteiger partial charge in [0.1, 0.15) is 12.2 Å². The van der Waals surface area contributed by atoms with Gasteiger partial charge in [-0.2, -0.15) is 0 Å². The second kappa shape index (κ2) is 6.00. The number of nitrogens with one attached hydrogen (secondary N) is 1. The number of para-hydroxylation sites is 1. The molecule has 2 amide bonds. The van der Waals surface area contributed by atoms with Gasteiger partial charge in [0, 0.05) is 5.39 Å². The number of nitrogens with zero attached hydrogens (tertiary/aromatic N) is 1. The van der Waals surface area contributed by atoms with Crippen LogP contribution in [-0.2, 0) is 9.53 Å². The van der Waals surface area contributed by atoms with Crippen molar-refractivity contribution in [2.75, 3.05) is 13.7 Å². The van der Waals surface area contributed by atoms with Crippen LogP contribution in [-0.4, -0.2) is 36.4 Å². The van der Waals surface area contributed by atoms with E-state index in [0.717, 1.165) is 0 Å². The number of hydrogen-bond acceptors (Lipinski definition) is 5. The third-order valence-corrected chi connectivity index (χ3v) is 2.83. The van der Waals surface area contributed by atoms with Gasteiger partial charge < -0.3 is 15.8 Å². The van der Waals surface area contributed by atoms with Crippen molar-refractivity contribution >= 4 is 28.7 Å². The predicted molar refractivity (Wildman–Crippen MR) is 74.6 cm³/mol. The number of amides is 2. The SMILES string of the molecule is COC(=O)CNC(=O)c1cc(C(N)=O)nc2ccccc12. The molecule has 7 heteroatoms. The molecule has 0 spiro atoms. The molecule has 0 atom stereocenters. The maximum absolute atomic E-state index is 12.2. The third kappa shape index (κ3) is 3.14. The van der Waals surface area contributed by atoms with Crippen molar-refractivity contribution in [3.8, 4) is 0 Å². The molecule has 2 rings (SSSR count). The van der Waals surface area contributed by atoms with Crippen LogP contribution in [0.1, 0.15) is 20.8 Å². The van der Waals surface area contributed by atoms with Gasteiger partial charge in [-0.3, -0.25) is 14.4 Å². The van der Waals surface area contributed by atoms with Gasteiger partial charge >= 0.3 is 5.97 Å². The minimum absolute atomic E-state index is 0.0167. The van der Waals surface area contributed by atoms with Gasteiger partial charge in [0.15, 0.2) is 0 Å². The third-order valence-electron chi connectivity index (χ3n) is 2.83. The first kappa shape index (κ1) is 14.4. The van der Waals surface area contributed by atoms with E-state index in [1.54, 1.807) is 24.3 Å². The molecule has 0 aliphatic rings. The Morgan fingerprint density at radius 2 is 2.00 bits per heavy atom. The molecule has 108 valence electrons. The number of pyridine rings is 1. The van der Waals surface area contributed by atoms with Crippen molar-refractivity contribution in [1.29, 1.82) is 0 Å². The molecule has 0 aliphatic carbocycles. The number of methoxy groups -OCH3 is 1. The van der Waals surface area contributed by atoms with E-state index in [1.165, 1.54) is 13.2 Å². The fourth-order valence-electron chi connectivity index (χ4n) is 1.81. The van der Waals surface area contributed by atoms with Gasteiger partial charge in [-0.25, -0.2) is 4.98 Å². The topological polar surface area (TPSA) is 111 Å². The number of rotatable bonds is 4. The first-order chi connectivity index (χ1) is 10.0. The van der Waals surface area contributed by atoms with Crippen LogP contribution >= 0.6 is 0 Å². The number of primary amides is 1. The van der Waals surface area contributed by atoms with Crippen LogP contribution in [0.5, 0.6) is 0 Å². The van der Waals surface area contributed by atoms with Crippen LogP contribution in [0.3, 0.4) is 0 Å². The molecule has 1 aromatic carbocycles. The highest BCUT2D eigenvalue weighted by Crippen LogP contribution is 2.18. The van der Waals surface area contributed by atoms with E-state index >= 15 is 0 Å². The van der Waals surface area contributed by atoms with Crippen molar-refractivity contribution < 1.29 is 19.1 Å². The maximum atomic E-state index is 12.2. The molecule has 0 saturated heterocycles. The first-order valence-corrected chi connectivity index (χ1v) is 6.07. The van der Waals surface area contributed by atoms with Gasteiger partial charge in [-0.05, 0) is 12.1 Å². The predicted octanol–water partition coefficient (Wildman–Crippen LogP) is 0.236. The number of esters is 1. The molecule has 1 aromatic heterocycles. The lowest BCUT2D eigenvalue weighted by Crippen LogP contribution is -2.30. The summed E-state index contributed by atoms with van der Waals surface area (Å²) in [6.45, 7) is -0.266. The van der Waals surface area contributed by atoms with E-state index in [4.69, 9.17) is 5.73 Å². The molecule has 7 nitrogen and oxygen atoms in total. The fourth-order valence-corrected chi connectivity index (χ4v) is 1.81. The van der Waals surface area contributed by atoms with E-state index in [-0.39, 0.29) is 17.8 Å². The second-order valence-corrected chi connectivity index (χ2v) is 4.20. The summed E-state index contributed by atoms with van der Waals surface area (Å²) in [4.78, 5) is 38.6. The number of ether oxygens (including phenoxy) is 1. The Hall–Kier alpha value is -2.96. The van der Waals surface area contributed by atoms with Crippen LogP contribution in [0.25, 0.3) is 10.9 Å². The zero-order valence-corrected chi connectivity index (χ0v) is 11.3. The number of nitrogens with two attached hydrogens (primary N) is 1. The van der Waals surface area contributed by atoms with Crippen molar-refractivity contribution in [1.82, 2.24) is 10.3 Å². The zero-order chi connectivity index (χ0) is 15.4. The molecular weight excluding hydrogens is 274 g/mol. The van der Waals surface area contributed by atoms with Crippen LogP contribution in [0.15, 0.2) is 30.3 Å². The number of fused-ring (bicyclic) bond motifs is 1. The molecule has 1 heterocycles. The standard InChI is InChI=1S/C14H13N3O4/c1-21-12(18)7-16-14(20)9-6-11(13(15)19)17-10-5-3-2-4-8(9)10/h2-6H,7H2,1H3,(H2,15,19)(H,16,20). The smallest absolute Gasteiger partial charge is 0.325 e. The second-order valence-electron chi connectivity index (χ2n) is 4.20. The lowest BCUT2D eigenvalue weighted by molar-refractivity contribution is -0.139. The van der Waals surface area contributed by atoms with Gasteiger partial charge in [-0.1, -0.05) is 18.2 Å². The summed E-state index contributed by atoms with van der Waals surface area (Å²) < 4.78 is 4.45. The largest absolute Gasteiger partial charge is 0.468 e. The number of benzene rings is 1. The molecule has 3 N–H and O–H groups in total. The Kier molecular flexibility index (Phi) is 4.13. The lowest BCUT2D eigenvalue weighted by atomic mass is 10.1. The number of aromatic nitrogens is 1.